The Morgan fingerprint density at radius 1 is 1.28 bits per heavy atom. The van der Waals surface area contributed by atoms with Gasteiger partial charge >= 0.3 is 0 Å². The van der Waals surface area contributed by atoms with Gasteiger partial charge in [-0.1, -0.05) is 12.1 Å². The van der Waals surface area contributed by atoms with Gasteiger partial charge in [-0.25, -0.2) is 4.39 Å². The van der Waals surface area contributed by atoms with Gasteiger partial charge < -0.3 is 10.5 Å². The predicted molar refractivity (Wildman–Crippen MR) is 67.8 cm³/mol. The maximum atomic E-state index is 13.6. The summed E-state index contributed by atoms with van der Waals surface area (Å²) in [5, 5.41) is 0. The van der Waals surface area contributed by atoms with E-state index in [4.69, 9.17) is 10.5 Å². The number of hydrogen-bond donors (Lipinski definition) is 1. The predicted octanol–water partition coefficient (Wildman–Crippen LogP) is 2.67. The van der Waals surface area contributed by atoms with Crippen molar-refractivity contribution in [1.82, 2.24) is 4.98 Å². The van der Waals surface area contributed by atoms with Crippen LogP contribution in [0.15, 0.2) is 42.7 Å². The van der Waals surface area contributed by atoms with Gasteiger partial charge in [0.25, 0.3) is 0 Å². The van der Waals surface area contributed by atoms with Crippen LogP contribution in [0.2, 0.25) is 0 Å². The highest BCUT2D eigenvalue weighted by Crippen LogP contribution is 2.23. The molecule has 2 N–H and O–H groups in total. The first-order chi connectivity index (χ1) is 8.72. The summed E-state index contributed by atoms with van der Waals surface area (Å²) in [5.41, 5.74) is 7.31. The zero-order valence-corrected chi connectivity index (χ0v) is 10.1. The highest BCUT2D eigenvalue weighted by atomic mass is 19.1. The molecule has 0 radical (unpaired) electrons. The van der Waals surface area contributed by atoms with E-state index in [1.54, 1.807) is 6.07 Å². The SMILES string of the molecule is CCOc1ccc(C(N)c2ccncc2F)cc1. The lowest BCUT2D eigenvalue weighted by molar-refractivity contribution is 0.340. The van der Waals surface area contributed by atoms with E-state index in [-0.39, 0.29) is 5.82 Å². The Labute approximate surface area is 105 Å². The van der Waals surface area contributed by atoms with Gasteiger partial charge in [-0.3, -0.25) is 4.98 Å². The summed E-state index contributed by atoms with van der Waals surface area (Å²) in [7, 11) is 0. The summed E-state index contributed by atoms with van der Waals surface area (Å²) in [5.74, 6) is 0.391. The minimum Gasteiger partial charge on any atom is -0.494 e. The number of nitrogens with zero attached hydrogens (tertiary/aromatic N) is 1. The van der Waals surface area contributed by atoms with E-state index in [0.717, 1.165) is 11.3 Å². The minimum absolute atomic E-state index is 0.390. The first-order valence-electron chi connectivity index (χ1n) is 5.80. The lowest BCUT2D eigenvalue weighted by Gasteiger charge is -2.13. The lowest BCUT2D eigenvalue weighted by atomic mass is 10.0. The van der Waals surface area contributed by atoms with Crippen LogP contribution in [-0.4, -0.2) is 11.6 Å². The monoisotopic (exact) mass is 246 g/mol. The Morgan fingerprint density at radius 3 is 2.61 bits per heavy atom. The maximum Gasteiger partial charge on any atom is 0.146 e. The second-order valence-electron chi connectivity index (χ2n) is 3.88. The molecule has 18 heavy (non-hydrogen) atoms. The molecule has 0 saturated carbocycles. The number of aromatic nitrogens is 1. The van der Waals surface area contributed by atoms with Gasteiger partial charge in [-0.2, -0.15) is 0 Å². The Bertz CT molecular complexity index is 513. The fourth-order valence-electron chi connectivity index (χ4n) is 1.76. The average Bonchev–Trinajstić information content (AvgIpc) is 2.40. The summed E-state index contributed by atoms with van der Waals surface area (Å²) in [6, 6.07) is 8.44. The Kier molecular flexibility index (Phi) is 3.89. The number of pyridine rings is 1. The van der Waals surface area contributed by atoms with Crippen LogP contribution >= 0.6 is 0 Å². The lowest BCUT2D eigenvalue weighted by Crippen LogP contribution is -2.13. The van der Waals surface area contributed by atoms with Crippen molar-refractivity contribution < 1.29 is 9.13 Å². The molecule has 2 aromatic rings. The van der Waals surface area contributed by atoms with E-state index < -0.39 is 6.04 Å². The van der Waals surface area contributed by atoms with Crippen molar-refractivity contribution in [2.75, 3.05) is 6.61 Å². The number of halogens is 1. The van der Waals surface area contributed by atoms with Crippen molar-refractivity contribution in [3.8, 4) is 5.75 Å². The zero-order chi connectivity index (χ0) is 13.0. The molecule has 1 atom stereocenters. The molecule has 2 rings (SSSR count). The summed E-state index contributed by atoms with van der Waals surface area (Å²) < 4.78 is 18.9. The average molecular weight is 246 g/mol. The van der Waals surface area contributed by atoms with Crippen LogP contribution in [0.5, 0.6) is 5.75 Å². The normalized spacial score (nSPS) is 12.2. The first-order valence-corrected chi connectivity index (χ1v) is 5.80. The molecule has 1 aromatic carbocycles. The van der Waals surface area contributed by atoms with Gasteiger partial charge in [0.05, 0.1) is 18.8 Å². The second-order valence-corrected chi connectivity index (χ2v) is 3.88. The third-order valence-electron chi connectivity index (χ3n) is 2.69. The number of ether oxygens (including phenoxy) is 1. The Hall–Kier alpha value is -1.94. The highest BCUT2D eigenvalue weighted by Gasteiger charge is 2.13. The summed E-state index contributed by atoms with van der Waals surface area (Å²) in [6.07, 6.45) is 2.70. The molecule has 0 aliphatic carbocycles. The molecule has 1 heterocycles. The largest absolute Gasteiger partial charge is 0.494 e. The van der Waals surface area contributed by atoms with Gasteiger partial charge in [-0.05, 0) is 30.7 Å². The van der Waals surface area contributed by atoms with Crippen molar-refractivity contribution in [2.45, 2.75) is 13.0 Å². The van der Waals surface area contributed by atoms with Crippen molar-refractivity contribution in [3.63, 3.8) is 0 Å². The highest BCUT2D eigenvalue weighted by molar-refractivity contribution is 5.34. The molecule has 0 fully saturated rings. The molecule has 4 heteroatoms. The number of hydrogen-bond acceptors (Lipinski definition) is 3. The van der Waals surface area contributed by atoms with Crippen molar-refractivity contribution in [3.05, 3.63) is 59.7 Å². The first kappa shape index (κ1) is 12.5. The molecule has 0 saturated heterocycles. The molecule has 94 valence electrons. The summed E-state index contributed by atoms with van der Waals surface area (Å²) >= 11 is 0. The van der Waals surface area contributed by atoms with Gasteiger partial charge in [0.1, 0.15) is 11.6 Å². The molecule has 0 aliphatic rings. The zero-order valence-electron chi connectivity index (χ0n) is 10.1. The fourth-order valence-corrected chi connectivity index (χ4v) is 1.76. The van der Waals surface area contributed by atoms with E-state index in [9.17, 15) is 4.39 Å². The van der Waals surface area contributed by atoms with Gasteiger partial charge in [0.15, 0.2) is 0 Å². The van der Waals surface area contributed by atoms with Crippen LogP contribution in [0.1, 0.15) is 24.1 Å². The molecular weight excluding hydrogens is 231 g/mol. The molecule has 0 bridgehead atoms. The smallest absolute Gasteiger partial charge is 0.146 e. The molecule has 0 spiro atoms. The molecule has 3 nitrogen and oxygen atoms in total. The molecule has 0 amide bonds. The van der Waals surface area contributed by atoms with Crippen molar-refractivity contribution in [1.29, 1.82) is 0 Å². The maximum absolute atomic E-state index is 13.6. The van der Waals surface area contributed by atoms with Crippen LogP contribution < -0.4 is 10.5 Å². The standard InChI is InChI=1S/C14H15FN2O/c1-2-18-11-5-3-10(4-6-11)14(16)12-7-8-17-9-13(12)15/h3-9,14H,2,16H2,1H3. The molecule has 0 aliphatic heterocycles. The van der Waals surface area contributed by atoms with E-state index in [2.05, 4.69) is 4.98 Å². The fraction of sp³-hybridized carbons (Fsp3) is 0.214. The van der Waals surface area contributed by atoms with E-state index in [1.165, 1.54) is 12.4 Å². The van der Waals surface area contributed by atoms with Gasteiger partial charge in [0, 0.05) is 11.8 Å². The van der Waals surface area contributed by atoms with Gasteiger partial charge in [0.2, 0.25) is 0 Å². The summed E-state index contributed by atoms with van der Waals surface area (Å²) in [6.45, 7) is 2.54. The quantitative estimate of drug-likeness (QED) is 0.902. The van der Waals surface area contributed by atoms with Crippen molar-refractivity contribution >= 4 is 0 Å². The van der Waals surface area contributed by atoms with Gasteiger partial charge in [-0.15, -0.1) is 0 Å². The van der Waals surface area contributed by atoms with Crippen LogP contribution in [0, 0.1) is 5.82 Å². The minimum atomic E-state index is -0.497. The summed E-state index contributed by atoms with van der Waals surface area (Å²) in [4.78, 5) is 3.71. The topological polar surface area (TPSA) is 48.1 Å². The van der Waals surface area contributed by atoms with E-state index >= 15 is 0 Å². The van der Waals surface area contributed by atoms with Crippen LogP contribution in [-0.2, 0) is 0 Å². The van der Waals surface area contributed by atoms with Crippen LogP contribution in [0.25, 0.3) is 0 Å². The Morgan fingerprint density at radius 2 is 2.00 bits per heavy atom. The van der Waals surface area contributed by atoms with Crippen molar-refractivity contribution in [2.24, 2.45) is 5.73 Å². The molecule has 1 unspecified atom stereocenters. The molecular formula is C14H15FN2O. The third kappa shape index (κ3) is 2.65. The third-order valence-corrected chi connectivity index (χ3v) is 2.69. The Balaban J connectivity index is 2.23. The number of benzene rings is 1. The van der Waals surface area contributed by atoms with E-state index in [0.29, 0.717) is 12.2 Å². The number of nitrogens with two attached hydrogens (primary N) is 1. The van der Waals surface area contributed by atoms with E-state index in [1.807, 2.05) is 31.2 Å². The second kappa shape index (κ2) is 5.60. The van der Waals surface area contributed by atoms with Crippen LogP contribution in [0.4, 0.5) is 4.39 Å². The van der Waals surface area contributed by atoms with Crippen LogP contribution in [0.3, 0.4) is 0 Å². The number of rotatable bonds is 4. The molecule has 1 aromatic heterocycles.